The maximum atomic E-state index is 12.6. The highest BCUT2D eigenvalue weighted by Gasteiger charge is 2.13. The zero-order valence-electron chi connectivity index (χ0n) is 7.21. The van der Waals surface area contributed by atoms with E-state index in [1.807, 2.05) is 0 Å². The molecular formula is C9H6ClFO3. The van der Waals surface area contributed by atoms with Gasteiger partial charge in [0.15, 0.2) is 0 Å². The van der Waals surface area contributed by atoms with Gasteiger partial charge < -0.3 is 4.74 Å². The highest BCUT2D eigenvalue weighted by Crippen LogP contribution is 2.17. The Morgan fingerprint density at radius 2 is 2.07 bits per heavy atom. The minimum absolute atomic E-state index is 0.0386. The molecule has 0 aliphatic carbocycles. The third-order valence-electron chi connectivity index (χ3n) is 1.39. The Morgan fingerprint density at radius 3 is 2.57 bits per heavy atom. The van der Waals surface area contributed by atoms with Gasteiger partial charge in [-0.1, -0.05) is 11.6 Å². The van der Waals surface area contributed by atoms with Crippen molar-refractivity contribution in [3.05, 3.63) is 34.6 Å². The molecular weight excluding hydrogens is 211 g/mol. The molecule has 74 valence electrons. The minimum Gasteiger partial charge on any atom is -0.390 e. The molecule has 3 nitrogen and oxygen atoms in total. The van der Waals surface area contributed by atoms with Crippen molar-refractivity contribution in [3.63, 3.8) is 0 Å². The van der Waals surface area contributed by atoms with E-state index in [9.17, 15) is 14.0 Å². The lowest BCUT2D eigenvalue weighted by atomic mass is 10.2. The number of hydrogen-bond acceptors (Lipinski definition) is 3. The summed E-state index contributed by atoms with van der Waals surface area (Å²) in [6.07, 6.45) is 0. The molecule has 0 atom stereocenters. The Bertz CT molecular complexity index is 390. The number of benzene rings is 1. The first-order valence-electron chi connectivity index (χ1n) is 3.68. The summed E-state index contributed by atoms with van der Waals surface area (Å²) in [6, 6.07) is 3.18. The summed E-state index contributed by atoms with van der Waals surface area (Å²) < 4.78 is 16.8. The van der Waals surface area contributed by atoms with E-state index >= 15 is 0 Å². The predicted octanol–water partition coefficient (Wildman–Crippen LogP) is 2.18. The van der Waals surface area contributed by atoms with Crippen LogP contribution in [0.4, 0.5) is 4.39 Å². The molecule has 0 unspecified atom stereocenters. The average molecular weight is 217 g/mol. The number of halogens is 2. The van der Waals surface area contributed by atoms with Gasteiger partial charge >= 0.3 is 11.9 Å². The van der Waals surface area contributed by atoms with E-state index in [0.717, 1.165) is 25.1 Å². The van der Waals surface area contributed by atoms with Gasteiger partial charge in [0.05, 0.1) is 10.6 Å². The van der Waals surface area contributed by atoms with Crippen LogP contribution in [0.3, 0.4) is 0 Å². The number of hydrogen-bond donors (Lipinski definition) is 0. The second-order valence-electron chi connectivity index (χ2n) is 2.51. The van der Waals surface area contributed by atoms with Crippen molar-refractivity contribution >= 4 is 23.5 Å². The summed E-state index contributed by atoms with van der Waals surface area (Å²) >= 11 is 5.56. The van der Waals surface area contributed by atoms with E-state index in [0.29, 0.717) is 0 Å². The molecule has 5 heteroatoms. The Morgan fingerprint density at radius 1 is 1.43 bits per heavy atom. The van der Waals surface area contributed by atoms with Gasteiger partial charge in [-0.25, -0.2) is 9.18 Å². The van der Waals surface area contributed by atoms with Crippen molar-refractivity contribution < 1.29 is 18.7 Å². The molecule has 0 aliphatic rings. The Kier molecular flexibility index (Phi) is 3.19. The lowest BCUT2D eigenvalue weighted by Gasteiger charge is -2.01. The lowest BCUT2D eigenvalue weighted by Crippen LogP contribution is -2.09. The quantitative estimate of drug-likeness (QED) is 0.534. The number of carbonyl (C=O) groups excluding carboxylic acids is 2. The Hall–Kier alpha value is -1.42. The van der Waals surface area contributed by atoms with Crippen LogP contribution in [-0.4, -0.2) is 11.9 Å². The first-order valence-corrected chi connectivity index (χ1v) is 4.06. The molecule has 0 radical (unpaired) electrons. The van der Waals surface area contributed by atoms with Crippen LogP contribution < -0.4 is 0 Å². The first-order chi connectivity index (χ1) is 6.50. The second kappa shape index (κ2) is 4.19. The third-order valence-corrected chi connectivity index (χ3v) is 1.70. The summed E-state index contributed by atoms with van der Waals surface area (Å²) in [5.41, 5.74) is -0.0386. The van der Waals surface area contributed by atoms with Crippen molar-refractivity contribution in [2.75, 3.05) is 0 Å². The molecule has 0 heterocycles. The molecule has 0 saturated carbocycles. The largest absolute Gasteiger partial charge is 0.390 e. The Labute approximate surface area is 84.4 Å². The number of carbonyl (C=O) groups is 2. The molecule has 0 saturated heterocycles. The van der Waals surface area contributed by atoms with E-state index in [-0.39, 0.29) is 10.6 Å². The molecule has 0 spiro atoms. The summed E-state index contributed by atoms with van der Waals surface area (Å²) in [5, 5.41) is -0.0868. The fourth-order valence-corrected chi connectivity index (χ4v) is 1.08. The van der Waals surface area contributed by atoms with Gasteiger partial charge in [0, 0.05) is 6.92 Å². The van der Waals surface area contributed by atoms with Crippen LogP contribution in [0, 0.1) is 5.82 Å². The van der Waals surface area contributed by atoms with Gasteiger partial charge in [-0.05, 0) is 18.2 Å². The van der Waals surface area contributed by atoms with Crippen molar-refractivity contribution in [1.82, 2.24) is 0 Å². The van der Waals surface area contributed by atoms with Gasteiger partial charge in [0.2, 0.25) is 0 Å². The van der Waals surface area contributed by atoms with Crippen LogP contribution >= 0.6 is 11.6 Å². The van der Waals surface area contributed by atoms with E-state index in [1.165, 1.54) is 0 Å². The van der Waals surface area contributed by atoms with Crippen LogP contribution in [0.25, 0.3) is 0 Å². The van der Waals surface area contributed by atoms with Crippen molar-refractivity contribution in [2.45, 2.75) is 6.92 Å². The Balaban J connectivity index is 2.96. The first kappa shape index (κ1) is 10.7. The van der Waals surface area contributed by atoms with Crippen molar-refractivity contribution in [3.8, 4) is 0 Å². The summed E-state index contributed by atoms with van der Waals surface area (Å²) in [6.45, 7) is 1.09. The second-order valence-corrected chi connectivity index (χ2v) is 2.91. The number of ether oxygens (including phenoxy) is 1. The average Bonchev–Trinajstić information content (AvgIpc) is 2.01. The van der Waals surface area contributed by atoms with E-state index in [2.05, 4.69) is 4.74 Å². The van der Waals surface area contributed by atoms with Crippen LogP contribution in [0.15, 0.2) is 18.2 Å². The third kappa shape index (κ3) is 2.53. The van der Waals surface area contributed by atoms with Gasteiger partial charge in [0.1, 0.15) is 5.82 Å². The van der Waals surface area contributed by atoms with Gasteiger partial charge in [-0.3, -0.25) is 4.79 Å². The lowest BCUT2D eigenvalue weighted by molar-refractivity contribution is -0.135. The normalized spacial score (nSPS) is 9.64. The van der Waals surface area contributed by atoms with Gasteiger partial charge in [-0.15, -0.1) is 0 Å². The van der Waals surface area contributed by atoms with Gasteiger partial charge in [-0.2, -0.15) is 0 Å². The molecule has 0 N–H and O–H groups in total. The minimum atomic E-state index is -0.887. The maximum Gasteiger partial charge on any atom is 0.347 e. The van der Waals surface area contributed by atoms with E-state index in [4.69, 9.17) is 11.6 Å². The fraction of sp³-hybridized carbons (Fsp3) is 0.111. The van der Waals surface area contributed by atoms with Crippen LogP contribution in [-0.2, 0) is 9.53 Å². The molecule has 0 aromatic heterocycles. The highest BCUT2D eigenvalue weighted by atomic mass is 35.5. The number of rotatable bonds is 1. The monoisotopic (exact) mass is 216 g/mol. The van der Waals surface area contributed by atoms with Gasteiger partial charge in [0.25, 0.3) is 0 Å². The predicted molar refractivity (Wildman–Crippen MR) is 47.5 cm³/mol. The zero-order valence-corrected chi connectivity index (χ0v) is 7.97. The van der Waals surface area contributed by atoms with Crippen LogP contribution in [0.1, 0.15) is 17.3 Å². The highest BCUT2D eigenvalue weighted by molar-refractivity contribution is 6.33. The molecule has 14 heavy (non-hydrogen) atoms. The van der Waals surface area contributed by atoms with Crippen molar-refractivity contribution in [1.29, 1.82) is 0 Å². The topological polar surface area (TPSA) is 43.4 Å². The summed E-state index contributed by atoms with van der Waals surface area (Å²) in [7, 11) is 0. The van der Waals surface area contributed by atoms with Crippen LogP contribution in [0.2, 0.25) is 5.02 Å². The van der Waals surface area contributed by atoms with Crippen molar-refractivity contribution in [2.24, 2.45) is 0 Å². The van der Waals surface area contributed by atoms with Crippen LogP contribution in [0.5, 0.6) is 0 Å². The maximum absolute atomic E-state index is 12.6. The van der Waals surface area contributed by atoms with E-state index < -0.39 is 17.8 Å². The fourth-order valence-electron chi connectivity index (χ4n) is 0.841. The molecule has 1 aromatic carbocycles. The molecule has 0 fully saturated rings. The standard InChI is InChI=1S/C9H6ClFO3/c1-5(12)14-9(13)7-3-2-6(11)4-8(7)10/h2-4H,1H3. The molecule has 1 rings (SSSR count). The molecule has 0 aliphatic heterocycles. The smallest absolute Gasteiger partial charge is 0.347 e. The molecule has 0 amide bonds. The summed E-state index contributed by atoms with van der Waals surface area (Å²) in [4.78, 5) is 21.6. The summed E-state index contributed by atoms with van der Waals surface area (Å²) in [5.74, 6) is -2.19. The zero-order chi connectivity index (χ0) is 10.7. The number of esters is 2. The SMILES string of the molecule is CC(=O)OC(=O)c1ccc(F)cc1Cl. The molecule has 1 aromatic rings. The molecule has 0 bridgehead atoms. The van der Waals surface area contributed by atoms with E-state index in [1.54, 1.807) is 0 Å².